The van der Waals surface area contributed by atoms with E-state index in [0.717, 1.165) is 11.3 Å². The van der Waals surface area contributed by atoms with Gasteiger partial charge < -0.3 is 4.98 Å². The fourth-order valence-electron chi connectivity index (χ4n) is 1.33. The van der Waals surface area contributed by atoms with Gasteiger partial charge in [-0.25, -0.2) is 0 Å². The average molecular weight is 179 g/mol. The zero-order chi connectivity index (χ0) is 10.0. The standard InChI is InChI=1S/C10H13NO2/c1-6-4-7(2)11-10(6)9(13)5-8(3)12/h4,11H,5H2,1-3H3. The largest absolute Gasteiger partial charge is 0.356 e. The first kappa shape index (κ1) is 9.71. The zero-order valence-corrected chi connectivity index (χ0v) is 8.10. The van der Waals surface area contributed by atoms with Gasteiger partial charge in [0.05, 0.1) is 12.1 Å². The summed E-state index contributed by atoms with van der Waals surface area (Å²) < 4.78 is 0. The zero-order valence-electron chi connectivity index (χ0n) is 8.10. The summed E-state index contributed by atoms with van der Waals surface area (Å²) in [5.74, 6) is -0.227. The summed E-state index contributed by atoms with van der Waals surface area (Å²) in [5, 5.41) is 0. The van der Waals surface area contributed by atoms with Crippen LogP contribution in [0.1, 0.15) is 35.1 Å². The molecule has 0 unspecified atom stereocenters. The number of aromatic amines is 1. The summed E-state index contributed by atoms with van der Waals surface area (Å²) in [5.41, 5.74) is 2.42. The summed E-state index contributed by atoms with van der Waals surface area (Å²) in [6.07, 6.45) is -0.0131. The van der Waals surface area contributed by atoms with Crippen LogP contribution in [0.5, 0.6) is 0 Å². The number of carbonyl (C=O) groups excluding carboxylic acids is 2. The Morgan fingerprint density at radius 3 is 2.38 bits per heavy atom. The summed E-state index contributed by atoms with van der Waals surface area (Å²) >= 11 is 0. The van der Waals surface area contributed by atoms with Gasteiger partial charge in [-0.05, 0) is 32.4 Å². The summed E-state index contributed by atoms with van der Waals surface area (Å²) in [7, 11) is 0. The van der Waals surface area contributed by atoms with Crippen LogP contribution >= 0.6 is 0 Å². The van der Waals surface area contributed by atoms with Crippen LogP contribution in [0.25, 0.3) is 0 Å². The molecule has 1 aromatic rings. The van der Waals surface area contributed by atoms with E-state index in [1.165, 1.54) is 6.92 Å². The molecule has 0 aliphatic heterocycles. The van der Waals surface area contributed by atoms with E-state index in [2.05, 4.69) is 4.98 Å². The van der Waals surface area contributed by atoms with Gasteiger partial charge in [0.15, 0.2) is 5.78 Å². The molecular formula is C10H13NO2. The highest BCUT2D eigenvalue weighted by molar-refractivity contribution is 6.07. The molecule has 0 amide bonds. The predicted molar refractivity (Wildman–Crippen MR) is 49.9 cm³/mol. The van der Waals surface area contributed by atoms with E-state index in [4.69, 9.17) is 0 Å². The molecule has 13 heavy (non-hydrogen) atoms. The topological polar surface area (TPSA) is 49.9 Å². The molecule has 3 nitrogen and oxygen atoms in total. The average Bonchev–Trinajstić information content (AvgIpc) is 2.28. The second-order valence-electron chi connectivity index (χ2n) is 3.31. The highest BCUT2D eigenvalue weighted by Crippen LogP contribution is 2.11. The van der Waals surface area contributed by atoms with Gasteiger partial charge in [-0.1, -0.05) is 0 Å². The quantitative estimate of drug-likeness (QED) is 0.568. The van der Waals surface area contributed by atoms with Crippen LogP contribution in [0.2, 0.25) is 0 Å². The molecule has 70 valence electrons. The maximum absolute atomic E-state index is 11.4. The van der Waals surface area contributed by atoms with Crippen molar-refractivity contribution in [3.8, 4) is 0 Å². The lowest BCUT2D eigenvalue weighted by molar-refractivity contribution is -0.116. The first-order valence-corrected chi connectivity index (χ1v) is 4.19. The Labute approximate surface area is 77.2 Å². The number of nitrogens with one attached hydrogen (secondary N) is 1. The molecule has 1 aromatic heterocycles. The van der Waals surface area contributed by atoms with Crippen molar-refractivity contribution in [1.29, 1.82) is 0 Å². The first-order chi connectivity index (χ1) is 6.00. The number of rotatable bonds is 3. The molecule has 3 heteroatoms. The number of H-pyrrole nitrogens is 1. The van der Waals surface area contributed by atoms with Crippen molar-refractivity contribution in [2.24, 2.45) is 0 Å². The van der Waals surface area contributed by atoms with Crippen molar-refractivity contribution in [2.75, 3.05) is 0 Å². The molecule has 1 rings (SSSR count). The maximum atomic E-state index is 11.4. The number of aromatic nitrogens is 1. The van der Waals surface area contributed by atoms with Crippen LogP contribution in [-0.4, -0.2) is 16.6 Å². The van der Waals surface area contributed by atoms with E-state index in [1.807, 2.05) is 19.9 Å². The Balaban J connectivity index is 2.88. The molecule has 1 N–H and O–H groups in total. The molecule has 0 spiro atoms. The molecule has 0 radical (unpaired) electrons. The van der Waals surface area contributed by atoms with Crippen molar-refractivity contribution in [1.82, 2.24) is 4.98 Å². The molecule has 0 saturated carbocycles. The number of hydrogen-bond acceptors (Lipinski definition) is 2. The summed E-state index contributed by atoms with van der Waals surface area (Å²) in [6.45, 7) is 5.16. The summed E-state index contributed by atoms with van der Waals surface area (Å²) in [6, 6.07) is 1.90. The minimum Gasteiger partial charge on any atom is -0.356 e. The van der Waals surface area contributed by atoms with Crippen molar-refractivity contribution in [3.05, 3.63) is 23.0 Å². The van der Waals surface area contributed by atoms with Gasteiger partial charge >= 0.3 is 0 Å². The second-order valence-corrected chi connectivity index (χ2v) is 3.31. The van der Waals surface area contributed by atoms with Crippen LogP contribution in [0, 0.1) is 13.8 Å². The van der Waals surface area contributed by atoms with E-state index in [9.17, 15) is 9.59 Å². The van der Waals surface area contributed by atoms with Crippen LogP contribution < -0.4 is 0 Å². The predicted octanol–water partition coefficient (Wildman–Crippen LogP) is 1.79. The number of aryl methyl sites for hydroxylation is 2. The highest BCUT2D eigenvalue weighted by Gasteiger charge is 2.12. The summed E-state index contributed by atoms with van der Waals surface area (Å²) in [4.78, 5) is 25.1. The molecule has 0 aromatic carbocycles. The second kappa shape index (κ2) is 3.56. The van der Waals surface area contributed by atoms with Gasteiger partial charge in [0, 0.05) is 5.69 Å². The highest BCUT2D eigenvalue weighted by atomic mass is 16.1. The third-order valence-electron chi connectivity index (χ3n) is 1.84. The van der Waals surface area contributed by atoms with E-state index >= 15 is 0 Å². The van der Waals surface area contributed by atoms with E-state index in [0.29, 0.717) is 5.69 Å². The molecule has 0 saturated heterocycles. The Bertz CT molecular complexity index is 350. The Morgan fingerprint density at radius 1 is 1.38 bits per heavy atom. The normalized spacial score (nSPS) is 10.1. The molecule has 0 bridgehead atoms. The molecule has 0 atom stereocenters. The fourth-order valence-corrected chi connectivity index (χ4v) is 1.33. The monoisotopic (exact) mass is 179 g/mol. The smallest absolute Gasteiger partial charge is 0.186 e. The van der Waals surface area contributed by atoms with Crippen molar-refractivity contribution in [2.45, 2.75) is 27.2 Å². The maximum Gasteiger partial charge on any atom is 0.186 e. The lowest BCUT2D eigenvalue weighted by atomic mass is 10.1. The van der Waals surface area contributed by atoms with Crippen LogP contribution in [0.15, 0.2) is 6.07 Å². The SMILES string of the molecule is CC(=O)CC(=O)c1[nH]c(C)cc1C. The molecular weight excluding hydrogens is 166 g/mol. The van der Waals surface area contributed by atoms with Crippen LogP contribution in [0.3, 0.4) is 0 Å². The third kappa shape index (κ3) is 2.28. The van der Waals surface area contributed by atoms with Crippen LogP contribution in [-0.2, 0) is 4.79 Å². The van der Waals surface area contributed by atoms with Crippen LogP contribution in [0.4, 0.5) is 0 Å². The Morgan fingerprint density at radius 2 is 2.00 bits per heavy atom. The molecule has 1 heterocycles. The van der Waals surface area contributed by atoms with Gasteiger partial charge in [-0.15, -0.1) is 0 Å². The Kier molecular flexibility index (Phi) is 2.66. The van der Waals surface area contributed by atoms with Crippen molar-refractivity contribution >= 4 is 11.6 Å². The van der Waals surface area contributed by atoms with Crippen molar-refractivity contribution in [3.63, 3.8) is 0 Å². The fraction of sp³-hybridized carbons (Fsp3) is 0.400. The van der Waals surface area contributed by atoms with E-state index in [-0.39, 0.29) is 18.0 Å². The minimum absolute atomic E-state index is 0.0131. The number of ketones is 2. The Hall–Kier alpha value is -1.38. The van der Waals surface area contributed by atoms with Gasteiger partial charge in [-0.2, -0.15) is 0 Å². The molecule has 0 fully saturated rings. The molecule has 0 aliphatic carbocycles. The molecule has 0 aliphatic rings. The lowest BCUT2D eigenvalue weighted by Crippen LogP contribution is -2.06. The number of carbonyl (C=O) groups is 2. The first-order valence-electron chi connectivity index (χ1n) is 4.19. The third-order valence-corrected chi connectivity index (χ3v) is 1.84. The van der Waals surface area contributed by atoms with Gasteiger partial charge in [0.2, 0.25) is 0 Å². The van der Waals surface area contributed by atoms with Gasteiger partial charge in [0.25, 0.3) is 0 Å². The number of hydrogen-bond donors (Lipinski definition) is 1. The lowest BCUT2D eigenvalue weighted by Gasteiger charge is -1.96. The number of Topliss-reactive ketones (excluding diaryl/α,β-unsaturated/α-hetero) is 2. The van der Waals surface area contributed by atoms with E-state index in [1.54, 1.807) is 0 Å². The van der Waals surface area contributed by atoms with Crippen molar-refractivity contribution < 1.29 is 9.59 Å². The minimum atomic E-state index is -0.127. The van der Waals surface area contributed by atoms with Gasteiger partial charge in [0.1, 0.15) is 5.78 Å². The van der Waals surface area contributed by atoms with Gasteiger partial charge in [-0.3, -0.25) is 9.59 Å². The van der Waals surface area contributed by atoms with E-state index < -0.39 is 0 Å².